The molecule has 0 aliphatic carbocycles. The topological polar surface area (TPSA) is 24.8 Å². The Hall–Kier alpha value is -2.92. The lowest BCUT2D eigenvalue weighted by Crippen LogP contribution is -2.33. The van der Waals surface area contributed by atoms with E-state index in [1.807, 2.05) is 23.2 Å². The van der Waals surface area contributed by atoms with Crippen molar-refractivity contribution in [1.82, 2.24) is 5.01 Å². The highest BCUT2D eigenvalue weighted by Crippen LogP contribution is 2.48. The van der Waals surface area contributed by atoms with Crippen molar-refractivity contribution in [3.63, 3.8) is 0 Å². The second-order valence-corrected chi connectivity index (χ2v) is 7.30. The van der Waals surface area contributed by atoms with Gasteiger partial charge >= 0.3 is 0 Å². The van der Waals surface area contributed by atoms with Crippen LogP contribution in [0.2, 0.25) is 5.02 Å². The number of nitrogens with zero attached hydrogens (tertiary/aromatic N) is 2. The highest BCUT2D eigenvalue weighted by atomic mass is 35.5. The SMILES string of the molecule is Fc1ccc(C2=NN3[C@@H](C2)c2cc(Cl)ccc2O[C@H]3c2cccc(F)c2)cc1. The Bertz CT molecular complexity index is 1080. The first-order valence-electron chi connectivity index (χ1n) is 8.92. The highest BCUT2D eigenvalue weighted by Gasteiger charge is 2.41. The lowest BCUT2D eigenvalue weighted by molar-refractivity contribution is -0.0192. The fraction of sp³-hybridized carbons (Fsp3) is 0.136. The molecule has 0 saturated heterocycles. The molecule has 0 radical (unpaired) electrons. The van der Waals surface area contributed by atoms with E-state index in [0.717, 1.165) is 16.8 Å². The largest absolute Gasteiger partial charge is 0.464 e. The summed E-state index contributed by atoms with van der Waals surface area (Å²) in [5.41, 5.74) is 3.27. The first-order chi connectivity index (χ1) is 13.6. The normalized spacial score (nSPS) is 20.2. The summed E-state index contributed by atoms with van der Waals surface area (Å²) in [7, 11) is 0. The lowest BCUT2D eigenvalue weighted by Gasteiger charge is -2.38. The van der Waals surface area contributed by atoms with Crippen molar-refractivity contribution in [2.75, 3.05) is 0 Å². The van der Waals surface area contributed by atoms with Gasteiger partial charge in [-0.2, -0.15) is 5.10 Å². The lowest BCUT2D eigenvalue weighted by atomic mass is 9.96. The molecule has 28 heavy (non-hydrogen) atoms. The van der Waals surface area contributed by atoms with Gasteiger partial charge in [-0.15, -0.1) is 0 Å². The van der Waals surface area contributed by atoms with Crippen molar-refractivity contribution in [3.05, 3.63) is 100 Å². The summed E-state index contributed by atoms with van der Waals surface area (Å²) in [4.78, 5) is 0. The van der Waals surface area contributed by atoms with Gasteiger partial charge in [-0.3, -0.25) is 0 Å². The van der Waals surface area contributed by atoms with Crippen LogP contribution >= 0.6 is 11.6 Å². The molecular weight excluding hydrogens is 382 g/mol. The van der Waals surface area contributed by atoms with E-state index in [1.54, 1.807) is 24.3 Å². The molecule has 2 atom stereocenters. The van der Waals surface area contributed by atoms with Crippen LogP contribution in [-0.4, -0.2) is 10.7 Å². The Balaban J connectivity index is 1.61. The summed E-state index contributed by atoms with van der Waals surface area (Å²) >= 11 is 6.21. The maximum absolute atomic E-state index is 13.8. The predicted molar refractivity (Wildman–Crippen MR) is 103 cm³/mol. The summed E-state index contributed by atoms with van der Waals surface area (Å²) in [6, 6.07) is 18.0. The average Bonchev–Trinajstić information content (AvgIpc) is 3.14. The molecule has 2 aliphatic heterocycles. The van der Waals surface area contributed by atoms with Crippen molar-refractivity contribution in [2.24, 2.45) is 5.10 Å². The van der Waals surface area contributed by atoms with Crippen LogP contribution in [0.4, 0.5) is 8.78 Å². The minimum atomic E-state index is -0.563. The highest BCUT2D eigenvalue weighted by molar-refractivity contribution is 6.30. The van der Waals surface area contributed by atoms with Crippen LogP contribution in [0.25, 0.3) is 0 Å². The van der Waals surface area contributed by atoms with Gasteiger partial charge in [0.25, 0.3) is 0 Å². The summed E-state index contributed by atoms with van der Waals surface area (Å²) in [6.07, 6.45) is 0.0565. The quantitative estimate of drug-likeness (QED) is 0.542. The third kappa shape index (κ3) is 2.92. The van der Waals surface area contributed by atoms with Gasteiger partial charge < -0.3 is 4.74 Å². The van der Waals surface area contributed by atoms with E-state index in [2.05, 4.69) is 0 Å². The molecule has 3 nitrogen and oxygen atoms in total. The van der Waals surface area contributed by atoms with Gasteiger partial charge in [0.2, 0.25) is 6.23 Å². The number of rotatable bonds is 2. The second kappa shape index (κ2) is 6.60. The molecule has 3 aromatic rings. The fourth-order valence-electron chi connectivity index (χ4n) is 3.76. The number of fused-ring (bicyclic) bond motifs is 3. The summed E-state index contributed by atoms with van der Waals surface area (Å²) in [5, 5.41) is 7.22. The van der Waals surface area contributed by atoms with Crippen LogP contribution < -0.4 is 4.74 Å². The molecule has 0 N–H and O–H groups in total. The maximum atomic E-state index is 13.8. The molecule has 0 bridgehead atoms. The number of benzene rings is 3. The van der Waals surface area contributed by atoms with Crippen molar-refractivity contribution in [3.8, 4) is 5.75 Å². The molecule has 0 fully saturated rings. The average molecular weight is 397 g/mol. The van der Waals surface area contributed by atoms with Crippen LogP contribution in [0.1, 0.15) is 35.4 Å². The molecule has 3 aromatic carbocycles. The van der Waals surface area contributed by atoms with Gasteiger partial charge in [0.05, 0.1) is 11.8 Å². The molecule has 0 unspecified atom stereocenters. The number of hydrazone groups is 1. The molecule has 140 valence electrons. The summed E-state index contributed by atoms with van der Waals surface area (Å²) < 4.78 is 33.3. The monoisotopic (exact) mass is 396 g/mol. The van der Waals surface area contributed by atoms with Gasteiger partial charge in [-0.25, -0.2) is 13.8 Å². The van der Waals surface area contributed by atoms with E-state index in [9.17, 15) is 8.78 Å². The van der Waals surface area contributed by atoms with Crippen molar-refractivity contribution >= 4 is 17.3 Å². The molecule has 0 amide bonds. The Morgan fingerprint density at radius 3 is 2.57 bits per heavy atom. The number of ether oxygens (including phenoxy) is 1. The zero-order valence-electron chi connectivity index (χ0n) is 14.6. The molecular formula is C22H15ClF2N2O. The van der Waals surface area contributed by atoms with Crippen molar-refractivity contribution < 1.29 is 13.5 Å². The Morgan fingerprint density at radius 1 is 0.964 bits per heavy atom. The predicted octanol–water partition coefficient (Wildman–Crippen LogP) is 5.86. The molecule has 6 heteroatoms. The van der Waals surface area contributed by atoms with Gasteiger partial charge in [0.15, 0.2) is 0 Å². The molecule has 2 heterocycles. The third-order valence-electron chi connectivity index (χ3n) is 5.06. The van der Waals surface area contributed by atoms with E-state index in [1.165, 1.54) is 24.3 Å². The van der Waals surface area contributed by atoms with Crippen LogP contribution in [0.5, 0.6) is 5.75 Å². The molecule has 0 spiro atoms. The van der Waals surface area contributed by atoms with Crippen LogP contribution in [-0.2, 0) is 0 Å². The summed E-state index contributed by atoms with van der Waals surface area (Å²) in [6.45, 7) is 0. The van der Waals surface area contributed by atoms with Crippen molar-refractivity contribution in [1.29, 1.82) is 0 Å². The first kappa shape index (κ1) is 17.2. The van der Waals surface area contributed by atoms with E-state index < -0.39 is 6.23 Å². The van der Waals surface area contributed by atoms with Crippen LogP contribution in [0, 0.1) is 11.6 Å². The van der Waals surface area contributed by atoms with Crippen LogP contribution in [0.15, 0.2) is 71.8 Å². The molecule has 0 saturated carbocycles. The minimum Gasteiger partial charge on any atom is -0.464 e. The van der Waals surface area contributed by atoms with E-state index in [0.29, 0.717) is 22.8 Å². The standard InChI is InChI=1S/C22H15ClF2N2O/c23-15-6-9-21-18(11-15)20-12-19(13-4-7-16(24)8-5-13)26-27(20)22(28-21)14-2-1-3-17(25)10-14/h1-11,20,22H,12H2/t20-,22-/m0/s1. The number of hydrogen-bond acceptors (Lipinski definition) is 3. The van der Waals surface area contributed by atoms with Crippen LogP contribution in [0.3, 0.4) is 0 Å². The Morgan fingerprint density at radius 2 is 1.79 bits per heavy atom. The zero-order valence-corrected chi connectivity index (χ0v) is 15.4. The zero-order chi connectivity index (χ0) is 19.3. The van der Waals surface area contributed by atoms with Gasteiger partial charge in [0, 0.05) is 22.6 Å². The van der Waals surface area contributed by atoms with E-state index >= 15 is 0 Å². The molecule has 5 rings (SSSR count). The fourth-order valence-corrected chi connectivity index (χ4v) is 3.94. The second-order valence-electron chi connectivity index (χ2n) is 6.86. The van der Waals surface area contributed by atoms with Crippen molar-refractivity contribution in [2.45, 2.75) is 18.7 Å². The van der Waals surface area contributed by atoms with E-state index in [4.69, 9.17) is 21.4 Å². The first-order valence-corrected chi connectivity index (χ1v) is 9.29. The minimum absolute atomic E-state index is 0.101. The maximum Gasteiger partial charge on any atom is 0.213 e. The Labute approximate surface area is 165 Å². The van der Waals surface area contributed by atoms with Gasteiger partial charge in [-0.1, -0.05) is 35.9 Å². The molecule has 0 aromatic heterocycles. The number of hydrogen-bond donors (Lipinski definition) is 0. The number of halogens is 3. The van der Waals surface area contributed by atoms with Gasteiger partial charge in [0.1, 0.15) is 17.4 Å². The van der Waals surface area contributed by atoms with Gasteiger partial charge in [-0.05, 0) is 48.0 Å². The smallest absolute Gasteiger partial charge is 0.213 e. The summed E-state index contributed by atoms with van der Waals surface area (Å²) in [5.74, 6) is 0.0788. The third-order valence-corrected chi connectivity index (χ3v) is 5.30. The molecule has 2 aliphatic rings. The van der Waals surface area contributed by atoms with E-state index in [-0.39, 0.29) is 17.7 Å². The Kier molecular flexibility index (Phi) is 4.05.